The van der Waals surface area contributed by atoms with Gasteiger partial charge < -0.3 is 16.4 Å². The molecule has 4 N–H and O–H groups in total. The summed E-state index contributed by atoms with van der Waals surface area (Å²) in [5, 5.41) is 6.06. The average molecular weight is 297 g/mol. The van der Waals surface area contributed by atoms with Crippen molar-refractivity contribution in [3.05, 3.63) is 65.2 Å². The summed E-state index contributed by atoms with van der Waals surface area (Å²) in [5.41, 5.74) is 9.60. The van der Waals surface area contributed by atoms with E-state index < -0.39 is 6.03 Å². The molecule has 0 aliphatic heterocycles. The number of primary amides is 1. The second-order valence-electron chi connectivity index (χ2n) is 5.38. The van der Waals surface area contributed by atoms with Crippen LogP contribution in [-0.2, 0) is 13.0 Å². The topological polar surface area (TPSA) is 67.2 Å². The van der Waals surface area contributed by atoms with E-state index in [-0.39, 0.29) is 6.04 Å². The zero-order valence-corrected chi connectivity index (χ0v) is 13.1. The van der Waals surface area contributed by atoms with Crippen molar-refractivity contribution in [3.8, 4) is 0 Å². The number of hydrogen-bond acceptors (Lipinski definition) is 2. The highest BCUT2D eigenvalue weighted by atomic mass is 16.2. The smallest absolute Gasteiger partial charge is 0.316 e. The molecule has 2 aromatic carbocycles. The Labute approximate surface area is 131 Å². The lowest BCUT2D eigenvalue weighted by molar-refractivity contribution is 0.259. The molecule has 0 heterocycles. The molecule has 0 bridgehead atoms. The van der Waals surface area contributed by atoms with Gasteiger partial charge in [0.05, 0.1) is 0 Å². The molecule has 0 fully saturated rings. The molecular weight excluding hydrogens is 274 g/mol. The van der Waals surface area contributed by atoms with Crippen LogP contribution in [0.25, 0.3) is 0 Å². The highest BCUT2D eigenvalue weighted by Gasteiger charge is 2.05. The second-order valence-corrected chi connectivity index (χ2v) is 5.38. The number of aryl methyl sites for hydroxylation is 1. The number of rotatable bonds is 6. The predicted octanol–water partition coefficient (Wildman–Crippen LogP) is 3.59. The van der Waals surface area contributed by atoms with Gasteiger partial charge in [0.25, 0.3) is 0 Å². The van der Waals surface area contributed by atoms with Crippen molar-refractivity contribution in [2.45, 2.75) is 32.9 Å². The Morgan fingerprint density at radius 1 is 1.05 bits per heavy atom. The standard InChI is InChI=1S/C18H23N3O/c1-3-14-4-6-15(7-5-14)12-20-13(2)16-8-10-17(11-9-16)21-18(19)22/h4-11,13,20H,3,12H2,1-2H3,(H3,19,21,22). The van der Waals surface area contributed by atoms with Gasteiger partial charge in [-0.2, -0.15) is 0 Å². The van der Waals surface area contributed by atoms with Gasteiger partial charge in [-0.3, -0.25) is 0 Å². The fraction of sp³-hybridized carbons (Fsp3) is 0.278. The Kier molecular flexibility index (Phi) is 5.55. The van der Waals surface area contributed by atoms with Crippen LogP contribution in [-0.4, -0.2) is 6.03 Å². The summed E-state index contributed by atoms with van der Waals surface area (Å²) in [6, 6.07) is 16.0. The summed E-state index contributed by atoms with van der Waals surface area (Å²) in [6.45, 7) is 5.11. The number of nitrogens with one attached hydrogen (secondary N) is 2. The molecule has 0 saturated heterocycles. The van der Waals surface area contributed by atoms with E-state index in [9.17, 15) is 4.79 Å². The third-order valence-electron chi connectivity index (χ3n) is 3.72. The van der Waals surface area contributed by atoms with Gasteiger partial charge in [-0.1, -0.05) is 43.3 Å². The number of urea groups is 1. The average Bonchev–Trinajstić information content (AvgIpc) is 2.53. The highest BCUT2D eigenvalue weighted by molar-refractivity contribution is 5.87. The molecule has 4 nitrogen and oxygen atoms in total. The van der Waals surface area contributed by atoms with Crippen LogP contribution in [0, 0.1) is 0 Å². The van der Waals surface area contributed by atoms with Crippen LogP contribution in [0.5, 0.6) is 0 Å². The van der Waals surface area contributed by atoms with Gasteiger partial charge in [-0.05, 0) is 42.2 Å². The largest absolute Gasteiger partial charge is 0.351 e. The summed E-state index contributed by atoms with van der Waals surface area (Å²) >= 11 is 0. The van der Waals surface area contributed by atoms with E-state index in [0.29, 0.717) is 5.69 Å². The van der Waals surface area contributed by atoms with Crippen molar-refractivity contribution in [3.63, 3.8) is 0 Å². The van der Waals surface area contributed by atoms with E-state index in [4.69, 9.17) is 5.73 Å². The van der Waals surface area contributed by atoms with Gasteiger partial charge >= 0.3 is 6.03 Å². The third kappa shape index (κ3) is 4.60. The van der Waals surface area contributed by atoms with Gasteiger partial charge in [0.1, 0.15) is 0 Å². The van der Waals surface area contributed by atoms with Crippen molar-refractivity contribution >= 4 is 11.7 Å². The second kappa shape index (κ2) is 7.61. The summed E-state index contributed by atoms with van der Waals surface area (Å²) in [5.74, 6) is 0. The number of hydrogen-bond donors (Lipinski definition) is 3. The predicted molar refractivity (Wildman–Crippen MR) is 90.7 cm³/mol. The quantitative estimate of drug-likeness (QED) is 0.762. The molecule has 22 heavy (non-hydrogen) atoms. The van der Waals surface area contributed by atoms with Crippen molar-refractivity contribution in [2.24, 2.45) is 5.73 Å². The SMILES string of the molecule is CCc1ccc(CNC(C)c2ccc(NC(N)=O)cc2)cc1. The van der Waals surface area contributed by atoms with Gasteiger partial charge in [-0.25, -0.2) is 4.79 Å². The van der Waals surface area contributed by atoms with Crippen molar-refractivity contribution in [1.29, 1.82) is 0 Å². The lowest BCUT2D eigenvalue weighted by Crippen LogP contribution is -2.20. The monoisotopic (exact) mass is 297 g/mol. The van der Waals surface area contributed by atoms with Crippen LogP contribution in [0.2, 0.25) is 0 Å². The maximum Gasteiger partial charge on any atom is 0.316 e. The Balaban J connectivity index is 1.90. The first-order chi connectivity index (χ1) is 10.6. The number of carbonyl (C=O) groups excluding carboxylic acids is 1. The molecule has 2 aromatic rings. The Hall–Kier alpha value is -2.33. The molecule has 4 heteroatoms. The molecule has 0 aliphatic carbocycles. The van der Waals surface area contributed by atoms with E-state index in [1.165, 1.54) is 16.7 Å². The highest BCUT2D eigenvalue weighted by Crippen LogP contribution is 2.16. The first kappa shape index (κ1) is 16.0. The lowest BCUT2D eigenvalue weighted by Gasteiger charge is -2.15. The minimum absolute atomic E-state index is 0.230. The minimum atomic E-state index is -0.547. The van der Waals surface area contributed by atoms with Crippen LogP contribution < -0.4 is 16.4 Å². The molecule has 2 amide bonds. The molecule has 0 radical (unpaired) electrons. The summed E-state index contributed by atoms with van der Waals surface area (Å²) < 4.78 is 0. The first-order valence-electron chi connectivity index (χ1n) is 7.56. The van der Waals surface area contributed by atoms with E-state index in [0.717, 1.165) is 13.0 Å². The zero-order valence-electron chi connectivity index (χ0n) is 13.1. The molecule has 1 unspecified atom stereocenters. The number of carbonyl (C=O) groups is 1. The Morgan fingerprint density at radius 2 is 1.64 bits per heavy atom. The van der Waals surface area contributed by atoms with Gasteiger partial charge in [-0.15, -0.1) is 0 Å². The molecule has 2 rings (SSSR count). The van der Waals surface area contributed by atoms with E-state index in [1.54, 1.807) is 0 Å². The minimum Gasteiger partial charge on any atom is -0.351 e. The fourth-order valence-corrected chi connectivity index (χ4v) is 2.28. The molecule has 0 spiro atoms. The molecule has 1 atom stereocenters. The summed E-state index contributed by atoms with van der Waals surface area (Å²) in [4.78, 5) is 10.8. The van der Waals surface area contributed by atoms with Crippen molar-refractivity contribution in [1.82, 2.24) is 5.32 Å². The summed E-state index contributed by atoms with van der Waals surface area (Å²) in [6.07, 6.45) is 1.07. The van der Waals surface area contributed by atoms with Crippen LogP contribution in [0.3, 0.4) is 0 Å². The number of anilines is 1. The van der Waals surface area contributed by atoms with Crippen LogP contribution in [0.15, 0.2) is 48.5 Å². The number of amides is 2. The van der Waals surface area contributed by atoms with Gasteiger partial charge in [0.15, 0.2) is 0 Å². The maximum atomic E-state index is 10.8. The van der Waals surface area contributed by atoms with Crippen molar-refractivity contribution in [2.75, 3.05) is 5.32 Å². The molecule has 0 aromatic heterocycles. The molecule has 0 saturated carbocycles. The first-order valence-corrected chi connectivity index (χ1v) is 7.56. The third-order valence-corrected chi connectivity index (χ3v) is 3.72. The fourth-order valence-electron chi connectivity index (χ4n) is 2.28. The zero-order chi connectivity index (χ0) is 15.9. The van der Waals surface area contributed by atoms with E-state index in [1.807, 2.05) is 24.3 Å². The van der Waals surface area contributed by atoms with Gasteiger partial charge in [0, 0.05) is 18.3 Å². The van der Waals surface area contributed by atoms with E-state index in [2.05, 4.69) is 48.7 Å². The van der Waals surface area contributed by atoms with Crippen LogP contribution in [0.4, 0.5) is 10.5 Å². The van der Waals surface area contributed by atoms with Gasteiger partial charge in [0.2, 0.25) is 0 Å². The Bertz CT molecular complexity index is 605. The molecular formula is C18H23N3O. The normalized spacial score (nSPS) is 11.9. The number of nitrogens with two attached hydrogens (primary N) is 1. The summed E-state index contributed by atoms with van der Waals surface area (Å²) in [7, 11) is 0. The van der Waals surface area contributed by atoms with E-state index >= 15 is 0 Å². The molecule has 0 aliphatic rings. The van der Waals surface area contributed by atoms with Crippen molar-refractivity contribution < 1.29 is 4.79 Å². The van der Waals surface area contributed by atoms with Crippen LogP contribution >= 0.6 is 0 Å². The number of benzene rings is 2. The lowest BCUT2D eigenvalue weighted by atomic mass is 10.1. The maximum absolute atomic E-state index is 10.8. The molecule has 116 valence electrons. The Morgan fingerprint density at radius 3 is 2.18 bits per heavy atom. The van der Waals surface area contributed by atoms with Crippen LogP contribution in [0.1, 0.15) is 36.6 Å².